The second kappa shape index (κ2) is 10.3. The molecular weight excluding hydrogens is 344 g/mol. The van der Waals surface area contributed by atoms with E-state index in [0.717, 1.165) is 12.8 Å². The Kier molecular flexibility index (Phi) is 7.73. The Labute approximate surface area is 159 Å². The maximum absolute atomic E-state index is 12.7. The van der Waals surface area contributed by atoms with Gasteiger partial charge in [-0.05, 0) is 31.9 Å². The third kappa shape index (κ3) is 5.51. The zero-order valence-corrected chi connectivity index (χ0v) is 16.1. The summed E-state index contributed by atoms with van der Waals surface area (Å²) in [6.45, 7) is 7.50. The van der Waals surface area contributed by atoms with Crippen molar-refractivity contribution in [2.75, 3.05) is 25.0 Å². The Morgan fingerprint density at radius 1 is 1.07 bits per heavy atom. The van der Waals surface area contributed by atoms with Gasteiger partial charge in [0, 0.05) is 19.2 Å². The van der Waals surface area contributed by atoms with Crippen LogP contribution in [0.15, 0.2) is 36.7 Å². The predicted molar refractivity (Wildman–Crippen MR) is 104 cm³/mol. The second-order valence-electron chi connectivity index (χ2n) is 5.97. The van der Waals surface area contributed by atoms with E-state index in [9.17, 15) is 9.59 Å². The van der Waals surface area contributed by atoms with Crippen LogP contribution in [0.3, 0.4) is 0 Å². The van der Waals surface area contributed by atoms with Gasteiger partial charge >= 0.3 is 5.97 Å². The Balaban J connectivity index is 2.24. The molecular formula is C20H26N4O3. The van der Waals surface area contributed by atoms with Crippen LogP contribution < -0.4 is 5.32 Å². The highest BCUT2D eigenvalue weighted by Crippen LogP contribution is 2.21. The molecule has 1 N–H and O–H groups in total. The molecule has 7 heteroatoms. The summed E-state index contributed by atoms with van der Waals surface area (Å²) < 4.78 is 5.08. The summed E-state index contributed by atoms with van der Waals surface area (Å²) in [4.78, 5) is 34.9. The van der Waals surface area contributed by atoms with Crippen LogP contribution >= 0.6 is 0 Å². The number of benzene rings is 1. The molecule has 0 unspecified atom stereocenters. The van der Waals surface area contributed by atoms with Gasteiger partial charge in [-0.3, -0.25) is 4.79 Å². The van der Waals surface area contributed by atoms with E-state index in [2.05, 4.69) is 15.3 Å². The molecule has 0 aliphatic heterocycles. The van der Waals surface area contributed by atoms with Crippen LogP contribution in [0.1, 0.15) is 54.5 Å². The highest BCUT2D eigenvalue weighted by Gasteiger charge is 2.17. The Morgan fingerprint density at radius 3 is 2.44 bits per heavy atom. The van der Waals surface area contributed by atoms with Gasteiger partial charge in [-0.2, -0.15) is 0 Å². The zero-order chi connectivity index (χ0) is 19.6. The number of amides is 1. The number of esters is 1. The van der Waals surface area contributed by atoms with Crippen LogP contribution in [-0.2, 0) is 4.74 Å². The van der Waals surface area contributed by atoms with Crippen LogP contribution in [0.5, 0.6) is 0 Å². The molecule has 2 aromatic rings. The number of carbonyl (C=O) groups excluding carboxylic acids is 2. The summed E-state index contributed by atoms with van der Waals surface area (Å²) in [5, 5.41) is 3.09. The quantitative estimate of drug-likeness (QED) is 0.678. The maximum Gasteiger partial charge on any atom is 0.340 e. The van der Waals surface area contributed by atoms with Crippen molar-refractivity contribution in [2.45, 2.75) is 33.6 Å². The maximum atomic E-state index is 12.7. The molecule has 2 rings (SSSR count). The van der Waals surface area contributed by atoms with Crippen LogP contribution in [0, 0.1) is 0 Å². The van der Waals surface area contributed by atoms with Crippen molar-refractivity contribution in [3.05, 3.63) is 47.9 Å². The van der Waals surface area contributed by atoms with Crippen molar-refractivity contribution in [2.24, 2.45) is 0 Å². The van der Waals surface area contributed by atoms with E-state index >= 15 is 0 Å². The number of nitrogens with one attached hydrogen (secondary N) is 1. The standard InChI is InChI=1S/C20H26N4O3/c1-4-11-24(12-5-2)19(25)17-13-18(22-14-21-17)23-16-10-8-7-9-15(16)20(26)27-6-3/h7-10,13-14H,4-6,11-12H2,1-3H3,(H,21,22,23). The summed E-state index contributed by atoms with van der Waals surface area (Å²) >= 11 is 0. The van der Waals surface area contributed by atoms with E-state index in [1.54, 1.807) is 36.1 Å². The molecule has 0 aliphatic rings. The number of carbonyl (C=O) groups is 2. The van der Waals surface area contributed by atoms with Crippen molar-refractivity contribution in [1.82, 2.24) is 14.9 Å². The monoisotopic (exact) mass is 370 g/mol. The molecule has 1 amide bonds. The van der Waals surface area contributed by atoms with E-state index in [1.807, 2.05) is 19.9 Å². The highest BCUT2D eigenvalue weighted by atomic mass is 16.5. The molecule has 0 saturated heterocycles. The number of rotatable bonds is 9. The third-order valence-corrected chi connectivity index (χ3v) is 3.85. The number of aromatic nitrogens is 2. The van der Waals surface area contributed by atoms with Gasteiger partial charge in [-0.25, -0.2) is 14.8 Å². The molecule has 0 fully saturated rings. The minimum absolute atomic E-state index is 0.122. The van der Waals surface area contributed by atoms with Crippen molar-refractivity contribution in [1.29, 1.82) is 0 Å². The van der Waals surface area contributed by atoms with Crippen LogP contribution in [0.2, 0.25) is 0 Å². The number of ether oxygens (including phenoxy) is 1. The lowest BCUT2D eigenvalue weighted by atomic mass is 10.2. The fourth-order valence-electron chi connectivity index (χ4n) is 2.68. The molecule has 0 saturated carbocycles. The summed E-state index contributed by atoms with van der Waals surface area (Å²) in [6, 6.07) is 8.61. The zero-order valence-electron chi connectivity index (χ0n) is 16.1. The van der Waals surface area contributed by atoms with Gasteiger partial charge in [0.15, 0.2) is 0 Å². The minimum Gasteiger partial charge on any atom is -0.462 e. The van der Waals surface area contributed by atoms with Gasteiger partial charge in [0.2, 0.25) is 0 Å². The second-order valence-corrected chi connectivity index (χ2v) is 5.97. The first-order valence-electron chi connectivity index (χ1n) is 9.25. The normalized spacial score (nSPS) is 10.3. The first-order valence-corrected chi connectivity index (χ1v) is 9.25. The molecule has 0 aliphatic carbocycles. The average Bonchev–Trinajstić information content (AvgIpc) is 2.68. The lowest BCUT2D eigenvalue weighted by molar-refractivity contribution is 0.0527. The lowest BCUT2D eigenvalue weighted by Crippen LogP contribution is -2.33. The topological polar surface area (TPSA) is 84.4 Å². The Bertz CT molecular complexity index is 773. The molecule has 0 bridgehead atoms. The molecule has 0 spiro atoms. The molecule has 7 nitrogen and oxygen atoms in total. The summed E-state index contributed by atoms with van der Waals surface area (Å²) in [5.41, 5.74) is 1.29. The summed E-state index contributed by atoms with van der Waals surface area (Å²) in [7, 11) is 0. The SMILES string of the molecule is CCCN(CCC)C(=O)c1cc(Nc2ccccc2C(=O)OCC)ncn1. The molecule has 27 heavy (non-hydrogen) atoms. The fourth-order valence-corrected chi connectivity index (χ4v) is 2.68. The van der Waals surface area contributed by atoms with E-state index < -0.39 is 5.97 Å². The Hall–Kier alpha value is -2.96. The minimum atomic E-state index is -0.414. The van der Waals surface area contributed by atoms with E-state index in [1.165, 1.54) is 6.33 Å². The van der Waals surface area contributed by atoms with E-state index in [4.69, 9.17) is 4.74 Å². The van der Waals surface area contributed by atoms with Gasteiger partial charge in [-0.15, -0.1) is 0 Å². The molecule has 0 atom stereocenters. The van der Waals surface area contributed by atoms with Crippen LogP contribution in [0.4, 0.5) is 11.5 Å². The number of hydrogen-bond acceptors (Lipinski definition) is 6. The van der Waals surface area contributed by atoms with Crippen molar-refractivity contribution < 1.29 is 14.3 Å². The molecule has 1 aromatic heterocycles. The van der Waals surface area contributed by atoms with Crippen molar-refractivity contribution in [3.8, 4) is 0 Å². The van der Waals surface area contributed by atoms with Gasteiger partial charge in [0.05, 0.1) is 17.9 Å². The number of hydrogen-bond donors (Lipinski definition) is 1. The van der Waals surface area contributed by atoms with Gasteiger partial charge < -0.3 is 15.0 Å². The smallest absolute Gasteiger partial charge is 0.340 e. The summed E-state index contributed by atoms with van der Waals surface area (Å²) in [6.07, 6.45) is 3.11. The van der Waals surface area contributed by atoms with Gasteiger partial charge in [-0.1, -0.05) is 26.0 Å². The van der Waals surface area contributed by atoms with Crippen LogP contribution in [-0.4, -0.2) is 46.4 Å². The van der Waals surface area contributed by atoms with E-state index in [0.29, 0.717) is 42.5 Å². The molecule has 0 radical (unpaired) electrons. The van der Waals surface area contributed by atoms with E-state index in [-0.39, 0.29) is 5.91 Å². The predicted octanol–water partition coefficient (Wildman–Crippen LogP) is 3.66. The molecule has 1 heterocycles. The van der Waals surface area contributed by atoms with Crippen molar-refractivity contribution >= 4 is 23.4 Å². The highest BCUT2D eigenvalue weighted by molar-refractivity contribution is 5.97. The Morgan fingerprint density at radius 2 is 1.78 bits per heavy atom. The lowest BCUT2D eigenvalue weighted by Gasteiger charge is -2.21. The van der Waals surface area contributed by atoms with Gasteiger partial charge in [0.1, 0.15) is 17.8 Å². The van der Waals surface area contributed by atoms with Gasteiger partial charge in [0.25, 0.3) is 5.91 Å². The first kappa shape index (κ1) is 20.4. The number of nitrogens with zero attached hydrogens (tertiary/aromatic N) is 3. The average molecular weight is 370 g/mol. The summed E-state index contributed by atoms with van der Waals surface area (Å²) in [5.74, 6) is -0.0936. The van der Waals surface area contributed by atoms with Crippen LogP contribution in [0.25, 0.3) is 0 Å². The number of anilines is 2. The number of para-hydroxylation sites is 1. The van der Waals surface area contributed by atoms with Crippen molar-refractivity contribution in [3.63, 3.8) is 0 Å². The third-order valence-electron chi connectivity index (χ3n) is 3.85. The fraction of sp³-hybridized carbons (Fsp3) is 0.400. The largest absolute Gasteiger partial charge is 0.462 e. The molecule has 144 valence electrons. The molecule has 1 aromatic carbocycles. The first-order chi connectivity index (χ1) is 13.1.